The predicted molar refractivity (Wildman–Crippen MR) is 141 cm³/mol. The van der Waals surface area contributed by atoms with Crippen LogP contribution in [0.25, 0.3) is 10.9 Å². The quantitative estimate of drug-likeness (QED) is 0.232. The van der Waals surface area contributed by atoms with Gasteiger partial charge in [0.25, 0.3) is 11.8 Å². The molecule has 37 heavy (non-hydrogen) atoms. The van der Waals surface area contributed by atoms with Crippen molar-refractivity contribution in [1.82, 2.24) is 15.6 Å². The molecule has 1 unspecified atom stereocenters. The van der Waals surface area contributed by atoms with Gasteiger partial charge in [-0.2, -0.15) is 0 Å². The van der Waals surface area contributed by atoms with E-state index in [1.54, 1.807) is 66.7 Å². The average molecular weight is 518 g/mol. The fourth-order valence-electron chi connectivity index (χ4n) is 3.81. The number of nitrogens with one attached hydrogen (secondary N) is 3. The fourth-order valence-corrected chi connectivity index (χ4v) is 3.94. The number of pyridine rings is 1. The molecule has 4 aromatic rings. The number of hydrogen-bond donors (Lipinski definition) is 3. The van der Waals surface area contributed by atoms with E-state index in [2.05, 4.69) is 15.6 Å². The zero-order valence-electron chi connectivity index (χ0n) is 19.7. The summed E-state index contributed by atoms with van der Waals surface area (Å²) in [6.07, 6.45) is 0.0268. The molecule has 0 aliphatic rings. The Balaban J connectivity index is 1.48. The van der Waals surface area contributed by atoms with Gasteiger partial charge in [-0.25, -0.2) is 4.79 Å². The molecule has 8 nitrogen and oxygen atoms in total. The second kappa shape index (κ2) is 12.0. The lowest BCUT2D eigenvalue weighted by Crippen LogP contribution is -2.44. The molecule has 4 rings (SSSR count). The molecular formula is C28H24ClN3O5. The Morgan fingerprint density at radius 2 is 1.54 bits per heavy atom. The SMILES string of the molecule is O=C(NCCOC(=O)C(Cc1cc(=O)[nH]c2ccccc12)NC(=O)c1ccc(Cl)cc1)c1ccccc1. The molecule has 1 atom stereocenters. The van der Waals surface area contributed by atoms with E-state index in [1.807, 2.05) is 12.1 Å². The summed E-state index contributed by atoms with van der Waals surface area (Å²) in [6, 6.07) is 22.4. The van der Waals surface area contributed by atoms with E-state index in [0.717, 1.165) is 5.39 Å². The third-order valence-electron chi connectivity index (χ3n) is 5.62. The maximum absolute atomic E-state index is 13.0. The molecule has 3 aromatic carbocycles. The van der Waals surface area contributed by atoms with Crippen molar-refractivity contribution < 1.29 is 19.1 Å². The Hall–Kier alpha value is -4.43. The van der Waals surface area contributed by atoms with Crippen molar-refractivity contribution in [2.24, 2.45) is 0 Å². The average Bonchev–Trinajstić information content (AvgIpc) is 2.91. The molecule has 188 valence electrons. The minimum atomic E-state index is -1.08. The number of aromatic nitrogens is 1. The molecule has 3 N–H and O–H groups in total. The first kappa shape index (κ1) is 25.7. The molecule has 1 heterocycles. The smallest absolute Gasteiger partial charge is 0.329 e. The van der Waals surface area contributed by atoms with Gasteiger partial charge in [0.1, 0.15) is 12.6 Å². The molecule has 0 bridgehead atoms. The Morgan fingerprint density at radius 3 is 2.30 bits per heavy atom. The molecule has 0 radical (unpaired) electrons. The number of hydrogen-bond acceptors (Lipinski definition) is 5. The van der Waals surface area contributed by atoms with Crippen LogP contribution < -0.4 is 16.2 Å². The summed E-state index contributed by atoms with van der Waals surface area (Å²) in [7, 11) is 0. The van der Waals surface area contributed by atoms with Crippen LogP contribution in [0, 0.1) is 0 Å². The Labute approximate surface area is 217 Å². The minimum absolute atomic E-state index is 0.0268. The number of carbonyl (C=O) groups is 3. The van der Waals surface area contributed by atoms with Crippen LogP contribution in [0.2, 0.25) is 5.02 Å². The lowest BCUT2D eigenvalue weighted by molar-refractivity contribution is -0.145. The summed E-state index contributed by atoms with van der Waals surface area (Å²) in [5.41, 5.74) is 1.67. The van der Waals surface area contributed by atoms with Crippen LogP contribution in [0.15, 0.2) is 89.7 Å². The summed E-state index contributed by atoms with van der Waals surface area (Å²) < 4.78 is 5.39. The molecule has 0 saturated heterocycles. The van der Waals surface area contributed by atoms with E-state index in [-0.39, 0.29) is 31.0 Å². The number of halogens is 1. The zero-order chi connectivity index (χ0) is 26.2. The van der Waals surface area contributed by atoms with E-state index in [1.165, 1.54) is 6.07 Å². The van der Waals surface area contributed by atoms with Crippen molar-refractivity contribution in [2.45, 2.75) is 12.5 Å². The summed E-state index contributed by atoms with van der Waals surface area (Å²) >= 11 is 5.91. The van der Waals surface area contributed by atoms with Crippen LogP contribution >= 0.6 is 11.6 Å². The van der Waals surface area contributed by atoms with Gasteiger partial charge in [0.15, 0.2) is 0 Å². The summed E-state index contributed by atoms with van der Waals surface area (Å²) in [6.45, 7) is -0.00784. The Morgan fingerprint density at radius 1 is 0.865 bits per heavy atom. The summed E-state index contributed by atoms with van der Waals surface area (Å²) in [5.74, 6) is -1.48. The predicted octanol–water partition coefficient (Wildman–Crippen LogP) is 3.50. The lowest BCUT2D eigenvalue weighted by atomic mass is 10.0. The normalized spacial score (nSPS) is 11.5. The lowest BCUT2D eigenvalue weighted by Gasteiger charge is -2.19. The van der Waals surface area contributed by atoms with E-state index in [4.69, 9.17) is 16.3 Å². The number of amides is 2. The molecule has 0 spiro atoms. The van der Waals surface area contributed by atoms with E-state index in [9.17, 15) is 19.2 Å². The summed E-state index contributed by atoms with van der Waals surface area (Å²) in [5, 5.41) is 6.61. The number of ether oxygens (including phenoxy) is 1. The first-order chi connectivity index (χ1) is 17.9. The van der Waals surface area contributed by atoms with E-state index in [0.29, 0.717) is 27.2 Å². The van der Waals surface area contributed by atoms with Gasteiger partial charge in [0.05, 0.1) is 6.54 Å². The van der Waals surface area contributed by atoms with Gasteiger partial charge in [-0.05, 0) is 48.0 Å². The van der Waals surface area contributed by atoms with Gasteiger partial charge in [-0.15, -0.1) is 0 Å². The first-order valence-corrected chi connectivity index (χ1v) is 12.0. The number of H-pyrrole nitrogens is 1. The fraction of sp³-hybridized carbons (Fsp3) is 0.143. The van der Waals surface area contributed by atoms with E-state index >= 15 is 0 Å². The highest BCUT2D eigenvalue weighted by molar-refractivity contribution is 6.30. The molecule has 1 aromatic heterocycles. The largest absolute Gasteiger partial charge is 0.462 e. The molecule has 2 amide bonds. The van der Waals surface area contributed by atoms with Crippen molar-refractivity contribution in [2.75, 3.05) is 13.2 Å². The van der Waals surface area contributed by atoms with Gasteiger partial charge < -0.3 is 20.4 Å². The highest BCUT2D eigenvalue weighted by Gasteiger charge is 2.25. The van der Waals surface area contributed by atoms with E-state index < -0.39 is 17.9 Å². The number of benzene rings is 3. The van der Waals surface area contributed by atoms with Gasteiger partial charge in [-0.3, -0.25) is 14.4 Å². The Kier molecular flexibility index (Phi) is 8.33. The van der Waals surface area contributed by atoms with Crippen molar-refractivity contribution in [3.05, 3.63) is 117 Å². The van der Waals surface area contributed by atoms with Crippen molar-refractivity contribution in [3.8, 4) is 0 Å². The molecule has 0 aliphatic heterocycles. The number of fused-ring (bicyclic) bond motifs is 1. The third kappa shape index (κ3) is 6.83. The number of para-hydroxylation sites is 1. The monoisotopic (exact) mass is 517 g/mol. The number of rotatable bonds is 9. The zero-order valence-corrected chi connectivity index (χ0v) is 20.5. The molecule has 0 aliphatic carbocycles. The highest BCUT2D eigenvalue weighted by Crippen LogP contribution is 2.17. The van der Waals surface area contributed by atoms with Crippen LogP contribution in [0.1, 0.15) is 26.3 Å². The number of aromatic amines is 1. The number of esters is 1. The topological polar surface area (TPSA) is 117 Å². The van der Waals surface area contributed by atoms with Crippen LogP contribution in [-0.4, -0.2) is 42.0 Å². The van der Waals surface area contributed by atoms with Gasteiger partial charge in [0.2, 0.25) is 5.56 Å². The molecule has 0 fully saturated rings. The van der Waals surface area contributed by atoms with Gasteiger partial charge >= 0.3 is 5.97 Å². The second-order valence-electron chi connectivity index (χ2n) is 8.23. The second-order valence-corrected chi connectivity index (χ2v) is 8.67. The first-order valence-electron chi connectivity index (χ1n) is 11.6. The van der Waals surface area contributed by atoms with Crippen LogP contribution in [0.4, 0.5) is 0 Å². The molecule has 9 heteroatoms. The maximum Gasteiger partial charge on any atom is 0.329 e. The van der Waals surface area contributed by atoms with Crippen molar-refractivity contribution in [3.63, 3.8) is 0 Å². The minimum Gasteiger partial charge on any atom is -0.462 e. The number of carbonyl (C=O) groups excluding carboxylic acids is 3. The standard InChI is InChI=1S/C28H24ClN3O5/c29-21-12-10-19(11-13-21)27(35)32-24(16-20-17-25(33)31-23-9-5-4-8-22(20)23)28(36)37-15-14-30-26(34)18-6-2-1-3-7-18/h1-13,17,24H,14-16H2,(H,30,34)(H,31,33)(H,32,35). The van der Waals surface area contributed by atoms with Crippen molar-refractivity contribution >= 4 is 40.3 Å². The third-order valence-corrected chi connectivity index (χ3v) is 5.88. The Bertz CT molecular complexity index is 1470. The van der Waals surface area contributed by atoms with Crippen LogP contribution in [-0.2, 0) is 16.0 Å². The highest BCUT2D eigenvalue weighted by atomic mass is 35.5. The van der Waals surface area contributed by atoms with Crippen molar-refractivity contribution in [1.29, 1.82) is 0 Å². The maximum atomic E-state index is 13.0. The van der Waals surface area contributed by atoms with Gasteiger partial charge in [-0.1, -0.05) is 48.0 Å². The van der Waals surface area contributed by atoms with Crippen LogP contribution in [0.5, 0.6) is 0 Å². The van der Waals surface area contributed by atoms with Crippen LogP contribution in [0.3, 0.4) is 0 Å². The summed E-state index contributed by atoms with van der Waals surface area (Å²) in [4.78, 5) is 53.1. The molecular weight excluding hydrogens is 494 g/mol. The molecule has 0 saturated carbocycles. The van der Waals surface area contributed by atoms with Gasteiger partial charge in [0, 0.05) is 39.5 Å².